The Morgan fingerprint density at radius 2 is 2.27 bits per heavy atom. The largest absolute Gasteiger partial charge is 0.312 e. The van der Waals surface area contributed by atoms with Crippen molar-refractivity contribution in [2.24, 2.45) is 5.73 Å². The molecular weight excluding hydrogens is 188 g/mol. The Bertz CT molecular complexity index is 370. The summed E-state index contributed by atoms with van der Waals surface area (Å²) >= 11 is 0. The van der Waals surface area contributed by atoms with Crippen molar-refractivity contribution >= 4 is 0 Å². The van der Waals surface area contributed by atoms with Gasteiger partial charge in [-0.25, -0.2) is 0 Å². The lowest BCUT2D eigenvalue weighted by atomic mass is 10.0. The van der Waals surface area contributed by atoms with E-state index in [2.05, 4.69) is 16.0 Å². The highest BCUT2D eigenvalue weighted by atomic mass is 15.2. The van der Waals surface area contributed by atoms with Crippen LogP contribution in [-0.4, -0.2) is 28.5 Å². The SMILES string of the molecule is N#CC1(N)CCN(Cc2ccncc2)C1. The molecule has 2 heterocycles. The lowest BCUT2D eigenvalue weighted by Gasteiger charge is -2.17. The van der Waals surface area contributed by atoms with Crippen molar-refractivity contribution in [3.63, 3.8) is 0 Å². The standard InChI is InChI=1S/C11H14N4/c12-8-11(13)3-6-15(9-11)7-10-1-4-14-5-2-10/h1-2,4-5H,3,6-7,9,13H2. The Morgan fingerprint density at radius 1 is 1.53 bits per heavy atom. The molecule has 0 spiro atoms. The maximum Gasteiger partial charge on any atom is 0.118 e. The van der Waals surface area contributed by atoms with Gasteiger partial charge in [0.25, 0.3) is 0 Å². The topological polar surface area (TPSA) is 65.9 Å². The molecule has 0 radical (unpaired) electrons. The predicted molar refractivity (Wildman–Crippen MR) is 56.7 cm³/mol. The molecule has 0 saturated carbocycles. The summed E-state index contributed by atoms with van der Waals surface area (Å²) in [7, 11) is 0. The van der Waals surface area contributed by atoms with Crippen molar-refractivity contribution in [1.29, 1.82) is 5.26 Å². The zero-order chi connectivity index (χ0) is 10.7. The van der Waals surface area contributed by atoms with E-state index in [4.69, 9.17) is 11.0 Å². The van der Waals surface area contributed by atoms with Crippen LogP contribution in [0, 0.1) is 11.3 Å². The van der Waals surface area contributed by atoms with Crippen LogP contribution in [-0.2, 0) is 6.54 Å². The molecule has 0 aromatic carbocycles. The van der Waals surface area contributed by atoms with Crippen LogP contribution < -0.4 is 5.73 Å². The molecule has 1 fully saturated rings. The molecule has 1 unspecified atom stereocenters. The number of rotatable bonds is 2. The Balaban J connectivity index is 1.97. The quantitative estimate of drug-likeness (QED) is 0.758. The summed E-state index contributed by atoms with van der Waals surface area (Å²) in [5.41, 5.74) is 6.46. The Kier molecular flexibility index (Phi) is 2.67. The molecule has 78 valence electrons. The highest BCUT2D eigenvalue weighted by Gasteiger charge is 2.34. The number of likely N-dealkylation sites (tertiary alicyclic amines) is 1. The molecule has 4 nitrogen and oxygen atoms in total. The monoisotopic (exact) mass is 202 g/mol. The number of aromatic nitrogens is 1. The van der Waals surface area contributed by atoms with Gasteiger partial charge >= 0.3 is 0 Å². The average molecular weight is 202 g/mol. The number of pyridine rings is 1. The fraction of sp³-hybridized carbons (Fsp3) is 0.455. The summed E-state index contributed by atoms with van der Waals surface area (Å²) in [6.07, 6.45) is 4.32. The van der Waals surface area contributed by atoms with Gasteiger partial charge in [0.1, 0.15) is 5.54 Å². The highest BCUT2D eigenvalue weighted by molar-refractivity contribution is 5.14. The zero-order valence-electron chi connectivity index (χ0n) is 8.56. The van der Waals surface area contributed by atoms with E-state index in [-0.39, 0.29) is 0 Å². The van der Waals surface area contributed by atoms with Gasteiger partial charge in [-0.15, -0.1) is 0 Å². The molecule has 1 aromatic rings. The molecule has 1 aliphatic rings. The molecule has 1 aromatic heterocycles. The third kappa shape index (κ3) is 2.32. The Labute approximate surface area is 89.3 Å². The molecule has 1 saturated heterocycles. The normalized spacial score (nSPS) is 26.4. The van der Waals surface area contributed by atoms with E-state index >= 15 is 0 Å². The van der Waals surface area contributed by atoms with Crippen LogP contribution in [0.4, 0.5) is 0 Å². The minimum atomic E-state index is -0.646. The molecular formula is C11H14N4. The molecule has 1 aliphatic heterocycles. The summed E-state index contributed by atoms with van der Waals surface area (Å²) in [5, 5.41) is 8.90. The van der Waals surface area contributed by atoms with Gasteiger partial charge in [-0.2, -0.15) is 5.26 Å². The van der Waals surface area contributed by atoms with Gasteiger partial charge in [-0.3, -0.25) is 9.88 Å². The van der Waals surface area contributed by atoms with Crippen molar-refractivity contribution in [3.05, 3.63) is 30.1 Å². The van der Waals surface area contributed by atoms with E-state index in [0.717, 1.165) is 19.5 Å². The maximum atomic E-state index is 8.90. The third-order valence-corrected chi connectivity index (χ3v) is 2.76. The fourth-order valence-electron chi connectivity index (χ4n) is 1.89. The zero-order valence-corrected chi connectivity index (χ0v) is 8.56. The predicted octanol–water partition coefficient (Wildman–Crippen LogP) is 0.508. The van der Waals surface area contributed by atoms with Gasteiger partial charge in [0.2, 0.25) is 0 Å². The van der Waals surface area contributed by atoms with Crippen LogP contribution >= 0.6 is 0 Å². The van der Waals surface area contributed by atoms with Crippen molar-refractivity contribution in [2.75, 3.05) is 13.1 Å². The minimum Gasteiger partial charge on any atom is -0.312 e. The van der Waals surface area contributed by atoms with E-state index in [1.165, 1.54) is 5.56 Å². The maximum absolute atomic E-state index is 8.90. The van der Waals surface area contributed by atoms with Gasteiger partial charge in [-0.05, 0) is 24.1 Å². The van der Waals surface area contributed by atoms with Gasteiger partial charge < -0.3 is 5.73 Å². The smallest absolute Gasteiger partial charge is 0.118 e. The first-order chi connectivity index (χ1) is 7.22. The van der Waals surface area contributed by atoms with Crippen LogP contribution in [0.15, 0.2) is 24.5 Å². The van der Waals surface area contributed by atoms with Crippen LogP contribution in [0.5, 0.6) is 0 Å². The molecule has 4 heteroatoms. The van der Waals surface area contributed by atoms with Crippen molar-refractivity contribution in [2.45, 2.75) is 18.5 Å². The number of nitrogens with two attached hydrogens (primary N) is 1. The van der Waals surface area contributed by atoms with Crippen molar-refractivity contribution < 1.29 is 0 Å². The molecule has 1 atom stereocenters. The second-order valence-corrected chi connectivity index (χ2v) is 4.08. The Morgan fingerprint density at radius 3 is 2.87 bits per heavy atom. The van der Waals surface area contributed by atoms with Crippen molar-refractivity contribution in [3.8, 4) is 6.07 Å². The molecule has 15 heavy (non-hydrogen) atoms. The van der Waals surface area contributed by atoms with Crippen LogP contribution in [0.2, 0.25) is 0 Å². The van der Waals surface area contributed by atoms with E-state index < -0.39 is 5.54 Å². The molecule has 0 aliphatic carbocycles. The van der Waals surface area contributed by atoms with E-state index in [0.29, 0.717) is 6.54 Å². The number of nitrogens with zero attached hydrogens (tertiary/aromatic N) is 3. The first-order valence-corrected chi connectivity index (χ1v) is 5.03. The van der Waals surface area contributed by atoms with Gasteiger partial charge in [0.15, 0.2) is 0 Å². The van der Waals surface area contributed by atoms with Gasteiger partial charge in [0.05, 0.1) is 6.07 Å². The first-order valence-electron chi connectivity index (χ1n) is 5.03. The summed E-state index contributed by atoms with van der Waals surface area (Å²) in [6.45, 7) is 2.40. The molecule has 2 rings (SSSR count). The van der Waals surface area contributed by atoms with Gasteiger partial charge in [-0.1, -0.05) is 0 Å². The summed E-state index contributed by atoms with van der Waals surface area (Å²) in [4.78, 5) is 6.18. The highest BCUT2D eigenvalue weighted by Crippen LogP contribution is 2.19. The van der Waals surface area contributed by atoms with E-state index in [1.807, 2.05) is 12.1 Å². The van der Waals surface area contributed by atoms with Gasteiger partial charge in [0, 0.05) is 32.0 Å². The Hall–Kier alpha value is -1.44. The number of hydrogen-bond donors (Lipinski definition) is 1. The molecule has 2 N–H and O–H groups in total. The molecule has 0 amide bonds. The third-order valence-electron chi connectivity index (χ3n) is 2.76. The second kappa shape index (κ2) is 3.97. The number of nitriles is 1. The molecule has 0 bridgehead atoms. The average Bonchev–Trinajstić information content (AvgIpc) is 2.63. The van der Waals surface area contributed by atoms with Crippen molar-refractivity contribution in [1.82, 2.24) is 9.88 Å². The summed E-state index contributed by atoms with van der Waals surface area (Å²) < 4.78 is 0. The van der Waals surface area contributed by atoms with Crippen LogP contribution in [0.1, 0.15) is 12.0 Å². The minimum absolute atomic E-state index is 0.646. The second-order valence-electron chi connectivity index (χ2n) is 4.08. The van der Waals surface area contributed by atoms with Crippen LogP contribution in [0.3, 0.4) is 0 Å². The van der Waals surface area contributed by atoms with E-state index in [9.17, 15) is 0 Å². The van der Waals surface area contributed by atoms with E-state index in [1.54, 1.807) is 12.4 Å². The first kappa shape index (κ1) is 10.1. The fourth-order valence-corrected chi connectivity index (χ4v) is 1.89. The number of hydrogen-bond acceptors (Lipinski definition) is 4. The lowest BCUT2D eigenvalue weighted by molar-refractivity contribution is 0.318. The summed E-state index contributed by atoms with van der Waals surface area (Å²) in [6, 6.07) is 6.16. The van der Waals surface area contributed by atoms with Crippen LogP contribution in [0.25, 0.3) is 0 Å². The lowest BCUT2D eigenvalue weighted by Crippen LogP contribution is -2.40. The summed E-state index contributed by atoms with van der Waals surface area (Å²) in [5.74, 6) is 0.